The molecule has 38 heavy (non-hydrogen) atoms. The number of methoxy groups -OCH3 is 2. The van der Waals surface area contributed by atoms with Gasteiger partial charge in [-0.2, -0.15) is 0 Å². The Labute approximate surface area is 220 Å². The van der Waals surface area contributed by atoms with Crippen molar-refractivity contribution in [3.63, 3.8) is 0 Å². The van der Waals surface area contributed by atoms with E-state index < -0.39 is 56.1 Å². The lowest BCUT2D eigenvalue weighted by Gasteiger charge is -2.39. The zero-order chi connectivity index (χ0) is 27.8. The molecule has 0 aliphatic carbocycles. The van der Waals surface area contributed by atoms with Crippen molar-refractivity contribution in [2.24, 2.45) is 0 Å². The van der Waals surface area contributed by atoms with Crippen molar-refractivity contribution >= 4 is 0 Å². The second kappa shape index (κ2) is 13.9. The van der Waals surface area contributed by atoms with E-state index in [1.165, 1.54) is 32.4 Å². The normalized spacial score (nSPS) is 25.0. The van der Waals surface area contributed by atoms with Crippen molar-refractivity contribution in [1.29, 1.82) is 0 Å². The molecule has 2 aromatic carbocycles. The zero-order valence-electron chi connectivity index (χ0n) is 21.2. The fraction of sp³-hybridized carbons (Fsp3) is 0.538. The van der Waals surface area contributed by atoms with Gasteiger partial charge in [0.1, 0.15) is 30.5 Å². The van der Waals surface area contributed by atoms with E-state index in [1.54, 1.807) is 18.2 Å². The number of ether oxygens (including phenoxy) is 5. The molecular formula is C26H36O12. The minimum atomic E-state index is -1.50. The van der Waals surface area contributed by atoms with Crippen molar-refractivity contribution in [2.75, 3.05) is 34.0 Å². The summed E-state index contributed by atoms with van der Waals surface area (Å²) in [5.41, 5.74) is 1.25. The summed E-state index contributed by atoms with van der Waals surface area (Å²) in [6.07, 6.45) is -7.82. The highest BCUT2D eigenvalue weighted by Crippen LogP contribution is 2.34. The molecular weight excluding hydrogens is 504 g/mol. The van der Waals surface area contributed by atoms with Gasteiger partial charge in [-0.15, -0.1) is 0 Å². The number of phenolic OH excluding ortho intramolecular Hbond substituents is 1. The molecule has 0 bridgehead atoms. The summed E-state index contributed by atoms with van der Waals surface area (Å²) in [6.45, 7) is -0.862. The predicted octanol–water partition coefficient (Wildman–Crippen LogP) is -0.368. The van der Waals surface area contributed by atoms with E-state index in [2.05, 4.69) is 0 Å². The number of benzene rings is 2. The van der Waals surface area contributed by atoms with E-state index in [1.807, 2.05) is 0 Å². The van der Waals surface area contributed by atoms with E-state index in [4.69, 9.17) is 23.7 Å². The van der Waals surface area contributed by atoms with E-state index in [0.717, 1.165) is 5.56 Å². The topological polar surface area (TPSA) is 188 Å². The molecule has 1 saturated heterocycles. The number of hydrogen-bond donors (Lipinski definition) is 7. The molecule has 0 saturated carbocycles. The molecule has 12 nitrogen and oxygen atoms in total. The lowest BCUT2D eigenvalue weighted by Crippen LogP contribution is -2.59. The first-order valence-corrected chi connectivity index (χ1v) is 12.2. The Balaban J connectivity index is 1.58. The summed E-state index contributed by atoms with van der Waals surface area (Å²) in [5, 5.41) is 69.4. The molecule has 7 N–H and O–H groups in total. The highest BCUT2D eigenvalue weighted by Gasteiger charge is 2.43. The smallest absolute Gasteiger partial charge is 0.186 e. The van der Waals surface area contributed by atoms with Gasteiger partial charge >= 0.3 is 0 Å². The largest absolute Gasteiger partial charge is 0.504 e. The molecule has 0 amide bonds. The van der Waals surface area contributed by atoms with E-state index >= 15 is 0 Å². The summed E-state index contributed by atoms with van der Waals surface area (Å²) in [6, 6.07) is 9.52. The first kappa shape index (κ1) is 29.9. The van der Waals surface area contributed by atoms with Crippen LogP contribution in [0.5, 0.6) is 23.0 Å². The molecule has 3 rings (SSSR count). The third kappa shape index (κ3) is 7.04. The van der Waals surface area contributed by atoms with Crippen molar-refractivity contribution in [2.45, 2.75) is 55.8 Å². The third-order valence-electron chi connectivity index (χ3n) is 6.32. The lowest BCUT2D eigenvalue weighted by molar-refractivity contribution is -0.301. The van der Waals surface area contributed by atoms with Crippen LogP contribution in [0.2, 0.25) is 0 Å². The van der Waals surface area contributed by atoms with Crippen LogP contribution in [0.4, 0.5) is 0 Å². The molecule has 1 heterocycles. The second-order valence-corrected chi connectivity index (χ2v) is 8.87. The van der Waals surface area contributed by atoms with Gasteiger partial charge in [0.05, 0.1) is 34.0 Å². The Bertz CT molecular complexity index is 1020. The summed E-state index contributed by atoms with van der Waals surface area (Å²) in [7, 11) is 2.85. The number of hydrogen-bond acceptors (Lipinski definition) is 12. The van der Waals surface area contributed by atoms with Crippen LogP contribution in [0, 0.1) is 0 Å². The van der Waals surface area contributed by atoms with E-state index in [0.29, 0.717) is 29.9 Å². The lowest BCUT2D eigenvalue weighted by atomic mass is 9.99. The van der Waals surface area contributed by atoms with Crippen LogP contribution < -0.4 is 14.2 Å². The molecule has 0 aromatic heterocycles. The number of aliphatic hydroxyl groups is 6. The molecule has 1 fully saturated rings. The van der Waals surface area contributed by atoms with Gasteiger partial charge in [0.2, 0.25) is 0 Å². The van der Waals surface area contributed by atoms with Gasteiger partial charge in [0, 0.05) is 0 Å². The van der Waals surface area contributed by atoms with Crippen LogP contribution in [0.1, 0.15) is 23.7 Å². The highest BCUT2D eigenvalue weighted by molar-refractivity contribution is 5.44. The minimum absolute atomic E-state index is 0.0826. The Morgan fingerprint density at radius 2 is 1.63 bits per heavy atom. The predicted molar refractivity (Wildman–Crippen MR) is 132 cm³/mol. The summed E-state index contributed by atoms with van der Waals surface area (Å²) in [4.78, 5) is 0. The van der Waals surface area contributed by atoms with E-state index in [-0.39, 0.29) is 18.1 Å². The Hall–Kier alpha value is -2.68. The van der Waals surface area contributed by atoms with Crippen molar-refractivity contribution in [1.82, 2.24) is 0 Å². The SMILES string of the molecule is COc1cc([C@@H](O)[C@H](CO)Oc2ccc(CCCO[C@@H]3O[C@H](CO)[C@@H](O)[C@H](O)[C@H]3O)cc2OC)ccc1O. The average Bonchev–Trinajstić information content (AvgIpc) is 2.94. The van der Waals surface area contributed by atoms with Crippen LogP contribution >= 0.6 is 0 Å². The van der Waals surface area contributed by atoms with Gasteiger partial charge < -0.3 is 59.4 Å². The standard InChI is InChI=1S/C26H36O12/c1-34-18-11-15(6-7-16(18)29)22(30)20(12-27)37-17-8-5-14(10-19(17)35-2)4-3-9-36-26-25(33)24(32)23(31)21(13-28)38-26/h5-8,10-11,20-33H,3-4,9,12-13H2,1-2H3/t20-,21+,22+,23+,24-,25+,26+/m0/s1. The highest BCUT2D eigenvalue weighted by atomic mass is 16.7. The maximum atomic E-state index is 10.8. The third-order valence-corrected chi connectivity index (χ3v) is 6.32. The number of aromatic hydroxyl groups is 1. The number of aliphatic hydroxyl groups excluding tert-OH is 6. The van der Waals surface area contributed by atoms with Gasteiger partial charge in [-0.05, 0) is 48.2 Å². The first-order chi connectivity index (χ1) is 18.2. The average molecular weight is 541 g/mol. The number of aryl methyl sites for hydroxylation is 1. The second-order valence-electron chi connectivity index (χ2n) is 8.87. The molecule has 12 heteroatoms. The molecule has 0 radical (unpaired) electrons. The van der Waals surface area contributed by atoms with Crippen molar-refractivity contribution in [3.8, 4) is 23.0 Å². The van der Waals surface area contributed by atoms with Crippen molar-refractivity contribution < 1.29 is 59.4 Å². The van der Waals surface area contributed by atoms with Crippen molar-refractivity contribution in [3.05, 3.63) is 47.5 Å². The number of rotatable bonds is 13. The fourth-order valence-electron chi connectivity index (χ4n) is 4.10. The maximum Gasteiger partial charge on any atom is 0.186 e. The molecule has 2 aromatic rings. The molecule has 0 unspecified atom stereocenters. The Morgan fingerprint density at radius 1 is 0.895 bits per heavy atom. The van der Waals surface area contributed by atoms with Gasteiger partial charge in [-0.3, -0.25) is 0 Å². The summed E-state index contributed by atoms with van der Waals surface area (Å²) < 4.78 is 27.2. The fourth-order valence-corrected chi connectivity index (χ4v) is 4.10. The molecule has 212 valence electrons. The van der Waals surface area contributed by atoms with Crippen LogP contribution in [0.3, 0.4) is 0 Å². The summed E-state index contributed by atoms with van der Waals surface area (Å²) in [5.74, 6) is 0.778. The Kier molecular flexibility index (Phi) is 10.9. The van der Waals surface area contributed by atoms with Gasteiger partial charge in [0.25, 0.3) is 0 Å². The van der Waals surface area contributed by atoms with Crippen LogP contribution in [0.15, 0.2) is 36.4 Å². The molecule has 0 spiro atoms. The zero-order valence-corrected chi connectivity index (χ0v) is 21.2. The first-order valence-electron chi connectivity index (χ1n) is 12.2. The van der Waals surface area contributed by atoms with Crippen LogP contribution in [0.25, 0.3) is 0 Å². The van der Waals surface area contributed by atoms with E-state index in [9.17, 15) is 35.7 Å². The van der Waals surface area contributed by atoms with Gasteiger partial charge in [-0.25, -0.2) is 0 Å². The van der Waals surface area contributed by atoms with Crippen LogP contribution in [-0.4, -0.2) is 107 Å². The van der Waals surface area contributed by atoms with Gasteiger partial charge in [0.15, 0.2) is 35.4 Å². The Morgan fingerprint density at radius 3 is 2.29 bits per heavy atom. The quantitative estimate of drug-likeness (QED) is 0.164. The van der Waals surface area contributed by atoms with Gasteiger partial charge in [-0.1, -0.05) is 12.1 Å². The molecule has 1 aliphatic rings. The maximum absolute atomic E-state index is 10.8. The minimum Gasteiger partial charge on any atom is -0.504 e. The summed E-state index contributed by atoms with van der Waals surface area (Å²) >= 11 is 0. The molecule has 7 atom stereocenters. The monoisotopic (exact) mass is 540 g/mol. The van der Waals surface area contributed by atoms with Crippen LogP contribution in [-0.2, 0) is 15.9 Å². The number of phenols is 1. The molecule has 1 aliphatic heterocycles.